The van der Waals surface area contributed by atoms with Crippen LogP contribution in [0.5, 0.6) is 0 Å². The van der Waals surface area contributed by atoms with E-state index in [1.165, 1.54) is 12.8 Å². The summed E-state index contributed by atoms with van der Waals surface area (Å²) < 4.78 is 0. The maximum Gasteiger partial charge on any atom is 0.244 e. The summed E-state index contributed by atoms with van der Waals surface area (Å²) in [4.78, 5) is 14.7. The number of rotatable bonds is 4. The zero-order valence-electron chi connectivity index (χ0n) is 11.5. The highest BCUT2D eigenvalue weighted by molar-refractivity contribution is 5.89. The van der Waals surface area contributed by atoms with E-state index in [4.69, 9.17) is 0 Å². The number of nitrogens with zero attached hydrogens (tertiary/aromatic N) is 1. The van der Waals surface area contributed by atoms with Crippen LogP contribution in [0.25, 0.3) is 0 Å². The molecule has 1 aliphatic carbocycles. The molecule has 3 heteroatoms. The Morgan fingerprint density at radius 3 is 2.59 bits per heavy atom. The van der Waals surface area contributed by atoms with Crippen molar-refractivity contribution in [2.45, 2.75) is 71.0 Å². The lowest BCUT2D eigenvalue weighted by Crippen LogP contribution is -2.44. The maximum atomic E-state index is 12.6. The molecule has 1 aliphatic heterocycles. The minimum atomic E-state index is -0.186. The van der Waals surface area contributed by atoms with Crippen molar-refractivity contribution in [1.82, 2.24) is 10.2 Å². The zero-order valence-corrected chi connectivity index (χ0v) is 11.5. The second-order valence-electron chi connectivity index (χ2n) is 6.09. The molecule has 17 heavy (non-hydrogen) atoms. The average Bonchev–Trinajstić information content (AvgIpc) is 2.82. The molecule has 2 fully saturated rings. The Balaban J connectivity index is 2.13. The first-order valence-corrected chi connectivity index (χ1v) is 7.18. The Bertz CT molecular complexity index is 282. The van der Waals surface area contributed by atoms with E-state index in [0.717, 1.165) is 32.2 Å². The number of amides is 1. The van der Waals surface area contributed by atoms with Gasteiger partial charge in [0.25, 0.3) is 0 Å². The highest BCUT2D eigenvalue weighted by atomic mass is 16.2. The summed E-state index contributed by atoms with van der Waals surface area (Å²) in [6, 6.07) is 0. The average molecular weight is 238 g/mol. The summed E-state index contributed by atoms with van der Waals surface area (Å²) in [6.45, 7) is 7.48. The quantitative estimate of drug-likeness (QED) is 0.816. The van der Waals surface area contributed by atoms with Crippen LogP contribution < -0.4 is 5.32 Å². The van der Waals surface area contributed by atoms with Crippen LogP contribution >= 0.6 is 0 Å². The molecule has 2 aliphatic rings. The number of carbonyl (C=O) groups excluding carboxylic acids is 1. The van der Waals surface area contributed by atoms with E-state index < -0.39 is 0 Å². The molecule has 1 atom stereocenters. The fourth-order valence-electron chi connectivity index (χ4n) is 3.32. The van der Waals surface area contributed by atoms with Gasteiger partial charge < -0.3 is 4.90 Å². The fraction of sp³-hybridized carbons (Fsp3) is 0.929. The van der Waals surface area contributed by atoms with Gasteiger partial charge in [0.1, 0.15) is 0 Å². The van der Waals surface area contributed by atoms with Gasteiger partial charge in [0.05, 0.1) is 11.7 Å². The fourth-order valence-corrected chi connectivity index (χ4v) is 3.32. The van der Waals surface area contributed by atoms with Crippen LogP contribution in [0.4, 0.5) is 0 Å². The molecular formula is C14H26N2O. The van der Waals surface area contributed by atoms with E-state index in [1.54, 1.807) is 0 Å². The van der Waals surface area contributed by atoms with Gasteiger partial charge in [0.2, 0.25) is 5.91 Å². The number of hydrogen-bond acceptors (Lipinski definition) is 2. The third-order valence-corrected chi connectivity index (χ3v) is 4.07. The van der Waals surface area contributed by atoms with Crippen LogP contribution in [0.2, 0.25) is 0 Å². The Morgan fingerprint density at radius 2 is 2.06 bits per heavy atom. The van der Waals surface area contributed by atoms with Crippen LogP contribution in [0.1, 0.15) is 59.3 Å². The van der Waals surface area contributed by atoms with E-state index in [0.29, 0.717) is 11.8 Å². The molecule has 1 unspecified atom stereocenters. The minimum absolute atomic E-state index is 0.186. The molecule has 98 valence electrons. The molecule has 1 amide bonds. The Hall–Kier alpha value is -0.570. The molecule has 0 aromatic rings. The van der Waals surface area contributed by atoms with Gasteiger partial charge in [-0.15, -0.1) is 0 Å². The lowest BCUT2D eigenvalue weighted by atomic mass is 9.98. The topological polar surface area (TPSA) is 32.3 Å². The zero-order chi connectivity index (χ0) is 12.5. The standard InChI is InChI=1S/C14H26N2O/c1-4-7-12-15-14(8-5-6-9-14)13(17)16(12)10-11(2)3/h11-12,15H,4-10H2,1-3H3. The van der Waals surface area contributed by atoms with Crippen molar-refractivity contribution in [2.75, 3.05) is 6.54 Å². The first-order valence-electron chi connectivity index (χ1n) is 7.18. The monoisotopic (exact) mass is 238 g/mol. The van der Waals surface area contributed by atoms with Crippen LogP contribution in [0.3, 0.4) is 0 Å². The van der Waals surface area contributed by atoms with E-state index in [1.807, 2.05) is 0 Å². The highest BCUT2D eigenvalue weighted by Gasteiger charge is 2.51. The number of carbonyl (C=O) groups is 1. The SMILES string of the molecule is CCCC1NC2(CCCC2)C(=O)N1CC(C)C. The van der Waals surface area contributed by atoms with Gasteiger partial charge >= 0.3 is 0 Å². The second-order valence-corrected chi connectivity index (χ2v) is 6.09. The van der Waals surface area contributed by atoms with Gasteiger partial charge in [-0.25, -0.2) is 0 Å². The van der Waals surface area contributed by atoms with E-state index in [9.17, 15) is 4.79 Å². The summed E-state index contributed by atoms with van der Waals surface area (Å²) in [6.07, 6.45) is 6.99. The number of hydrogen-bond donors (Lipinski definition) is 1. The van der Waals surface area contributed by atoms with Crippen LogP contribution in [-0.4, -0.2) is 29.1 Å². The molecule has 1 saturated heterocycles. The maximum absolute atomic E-state index is 12.6. The van der Waals surface area contributed by atoms with Crippen molar-refractivity contribution in [3.8, 4) is 0 Å². The van der Waals surface area contributed by atoms with Crippen molar-refractivity contribution in [3.05, 3.63) is 0 Å². The third-order valence-electron chi connectivity index (χ3n) is 4.07. The predicted octanol–water partition coefficient (Wildman–Crippen LogP) is 2.51. The lowest BCUT2D eigenvalue weighted by Gasteiger charge is -2.25. The smallest absolute Gasteiger partial charge is 0.244 e. The summed E-state index contributed by atoms with van der Waals surface area (Å²) >= 11 is 0. The third kappa shape index (κ3) is 2.35. The summed E-state index contributed by atoms with van der Waals surface area (Å²) in [5.74, 6) is 0.929. The lowest BCUT2D eigenvalue weighted by molar-refractivity contribution is -0.133. The Morgan fingerprint density at radius 1 is 1.41 bits per heavy atom. The van der Waals surface area contributed by atoms with Gasteiger partial charge in [-0.2, -0.15) is 0 Å². The van der Waals surface area contributed by atoms with E-state index >= 15 is 0 Å². The molecule has 2 rings (SSSR count). The van der Waals surface area contributed by atoms with Crippen molar-refractivity contribution in [2.24, 2.45) is 5.92 Å². The van der Waals surface area contributed by atoms with Crippen LogP contribution in [0.15, 0.2) is 0 Å². The number of nitrogens with one attached hydrogen (secondary N) is 1. The molecule has 0 radical (unpaired) electrons. The van der Waals surface area contributed by atoms with Crippen molar-refractivity contribution < 1.29 is 4.79 Å². The second kappa shape index (κ2) is 4.97. The van der Waals surface area contributed by atoms with Crippen molar-refractivity contribution in [3.63, 3.8) is 0 Å². The normalized spacial score (nSPS) is 27.6. The van der Waals surface area contributed by atoms with Gasteiger partial charge in [-0.3, -0.25) is 10.1 Å². The molecule has 0 bridgehead atoms. The van der Waals surface area contributed by atoms with Crippen LogP contribution in [-0.2, 0) is 4.79 Å². The van der Waals surface area contributed by atoms with Gasteiger partial charge in [-0.05, 0) is 25.2 Å². The highest BCUT2D eigenvalue weighted by Crippen LogP contribution is 2.37. The summed E-state index contributed by atoms with van der Waals surface area (Å²) in [5.41, 5.74) is -0.186. The summed E-state index contributed by atoms with van der Waals surface area (Å²) in [7, 11) is 0. The summed E-state index contributed by atoms with van der Waals surface area (Å²) in [5, 5.41) is 3.65. The molecule has 1 heterocycles. The first-order chi connectivity index (χ1) is 8.09. The Kier molecular flexibility index (Phi) is 3.76. The molecule has 0 aromatic heterocycles. The molecule has 3 nitrogen and oxygen atoms in total. The first kappa shape index (κ1) is 12.9. The molecular weight excluding hydrogens is 212 g/mol. The van der Waals surface area contributed by atoms with E-state index in [2.05, 4.69) is 31.0 Å². The van der Waals surface area contributed by atoms with Crippen molar-refractivity contribution in [1.29, 1.82) is 0 Å². The van der Waals surface area contributed by atoms with E-state index in [-0.39, 0.29) is 11.7 Å². The van der Waals surface area contributed by atoms with Gasteiger partial charge in [0, 0.05) is 6.54 Å². The largest absolute Gasteiger partial charge is 0.325 e. The minimum Gasteiger partial charge on any atom is -0.325 e. The predicted molar refractivity (Wildman–Crippen MR) is 69.6 cm³/mol. The van der Waals surface area contributed by atoms with Crippen molar-refractivity contribution >= 4 is 5.91 Å². The molecule has 1 N–H and O–H groups in total. The molecule has 1 spiro atoms. The van der Waals surface area contributed by atoms with Gasteiger partial charge in [0.15, 0.2) is 0 Å². The Labute approximate surface area is 105 Å². The van der Waals surface area contributed by atoms with Gasteiger partial charge in [-0.1, -0.05) is 40.0 Å². The molecule has 1 saturated carbocycles. The van der Waals surface area contributed by atoms with Crippen LogP contribution in [0, 0.1) is 5.92 Å². The molecule has 0 aromatic carbocycles.